The lowest BCUT2D eigenvalue weighted by atomic mass is 10.2. The third-order valence-corrected chi connectivity index (χ3v) is 3.79. The monoisotopic (exact) mass is 267 g/mol. The number of nitrogens with two attached hydrogens (primary N) is 1. The summed E-state index contributed by atoms with van der Waals surface area (Å²) in [6, 6.07) is 8.37. The fraction of sp³-hybridized carbons (Fsp3) is 0.571. The first-order valence-corrected chi connectivity index (χ1v) is 7.02. The summed E-state index contributed by atoms with van der Waals surface area (Å²) < 4.78 is 0. The van der Waals surface area contributed by atoms with Crippen molar-refractivity contribution >= 4 is 17.3 Å². The maximum atomic E-state index is 6.22. The van der Waals surface area contributed by atoms with E-state index in [1.165, 1.54) is 0 Å². The second-order valence-electron chi connectivity index (χ2n) is 5.05. The Balaban J connectivity index is 1.85. The van der Waals surface area contributed by atoms with Gasteiger partial charge in [0.05, 0.1) is 10.7 Å². The number of anilines is 1. The molecule has 0 amide bonds. The molecule has 0 saturated carbocycles. The molecule has 1 heterocycles. The molecule has 4 heteroatoms. The number of hydrogen-bond donors (Lipinski definition) is 1. The Labute approximate surface area is 115 Å². The van der Waals surface area contributed by atoms with Crippen molar-refractivity contribution in [2.45, 2.75) is 19.4 Å². The van der Waals surface area contributed by atoms with Gasteiger partial charge >= 0.3 is 0 Å². The molecule has 1 aromatic rings. The normalized spacial score (nSPS) is 18.9. The second kappa shape index (κ2) is 6.41. The summed E-state index contributed by atoms with van der Waals surface area (Å²) in [5, 5.41) is 0.849. The van der Waals surface area contributed by atoms with Crippen LogP contribution in [0.2, 0.25) is 5.02 Å². The topological polar surface area (TPSA) is 32.5 Å². The molecule has 0 aromatic heterocycles. The van der Waals surface area contributed by atoms with Gasteiger partial charge in [0.2, 0.25) is 0 Å². The summed E-state index contributed by atoms with van der Waals surface area (Å²) in [7, 11) is 0. The quantitative estimate of drug-likeness (QED) is 0.908. The summed E-state index contributed by atoms with van der Waals surface area (Å²) >= 11 is 6.22. The molecular formula is C14H22ClN3. The lowest BCUT2D eigenvalue weighted by molar-refractivity contribution is 0.250. The molecular weight excluding hydrogens is 246 g/mol. The molecule has 1 fully saturated rings. The highest BCUT2D eigenvalue weighted by Crippen LogP contribution is 2.25. The maximum absolute atomic E-state index is 6.22. The first-order chi connectivity index (χ1) is 8.66. The van der Waals surface area contributed by atoms with E-state index in [0.29, 0.717) is 6.04 Å². The predicted octanol–water partition coefficient (Wildman–Crippen LogP) is 2.20. The van der Waals surface area contributed by atoms with E-state index in [1.54, 1.807) is 0 Å². The van der Waals surface area contributed by atoms with Gasteiger partial charge in [0.15, 0.2) is 0 Å². The van der Waals surface area contributed by atoms with Crippen LogP contribution in [0, 0.1) is 0 Å². The van der Waals surface area contributed by atoms with E-state index in [1.807, 2.05) is 18.2 Å². The molecule has 18 heavy (non-hydrogen) atoms. The highest BCUT2D eigenvalue weighted by Gasteiger charge is 2.18. The van der Waals surface area contributed by atoms with Crippen molar-refractivity contribution in [2.24, 2.45) is 5.73 Å². The van der Waals surface area contributed by atoms with E-state index >= 15 is 0 Å². The van der Waals surface area contributed by atoms with E-state index in [4.69, 9.17) is 17.3 Å². The minimum atomic E-state index is 0.298. The Morgan fingerprint density at radius 3 is 2.50 bits per heavy atom. The van der Waals surface area contributed by atoms with Gasteiger partial charge in [-0.3, -0.25) is 4.90 Å². The van der Waals surface area contributed by atoms with Crippen LogP contribution in [-0.4, -0.2) is 43.7 Å². The number of hydrogen-bond acceptors (Lipinski definition) is 3. The fourth-order valence-electron chi connectivity index (χ4n) is 2.31. The highest BCUT2D eigenvalue weighted by atomic mass is 35.5. The average Bonchev–Trinajstić information content (AvgIpc) is 2.38. The zero-order valence-corrected chi connectivity index (χ0v) is 11.7. The van der Waals surface area contributed by atoms with Crippen molar-refractivity contribution in [2.75, 3.05) is 37.6 Å². The van der Waals surface area contributed by atoms with Gasteiger partial charge in [-0.1, -0.05) is 23.7 Å². The van der Waals surface area contributed by atoms with Gasteiger partial charge in [-0.2, -0.15) is 0 Å². The van der Waals surface area contributed by atoms with Crippen LogP contribution in [0.4, 0.5) is 5.69 Å². The van der Waals surface area contributed by atoms with Crippen molar-refractivity contribution < 1.29 is 0 Å². The smallest absolute Gasteiger partial charge is 0.0639 e. The zero-order valence-electron chi connectivity index (χ0n) is 11.0. The lowest BCUT2D eigenvalue weighted by Gasteiger charge is -2.36. The number of nitrogens with zero attached hydrogens (tertiary/aromatic N) is 2. The molecule has 0 aliphatic carbocycles. The summed E-state index contributed by atoms with van der Waals surface area (Å²) in [5.41, 5.74) is 6.95. The molecule has 1 aromatic carbocycles. The van der Waals surface area contributed by atoms with Crippen LogP contribution < -0.4 is 10.6 Å². The number of piperazine rings is 1. The van der Waals surface area contributed by atoms with Gasteiger partial charge in [-0.05, 0) is 32.0 Å². The van der Waals surface area contributed by atoms with Gasteiger partial charge in [-0.15, -0.1) is 0 Å². The van der Waals surface area contributed by atoms with Crippen molar-refractivity contribution in [1.29, 1.82) is 0 Å². The Bertz CT molecular complexity index is 373. The molecule has 0 spiro atoms. The Morgan fingerprint density at radius 2 is 1.89 bits per heavy atom. The van der Waals surface area contributed by atoms with Gasteiger partial charge in [0.1, 0.15) is 0 Å². The van der Waals surface area contributed by atoms with Crippen molar-refractivity contribution in [3.63, 3.8) is 0 Å². The summed E-state index contributed by atoms with van der Waals surface area (Å²) in [4.78, 5) is 4.85. The molecule has 2 N–H and O–H groups in total. The molecule has 100 valence electrons. The van der Waals surface area contributed by atoms with E-state index in [0.717, 1.165) is 49.9 Å². The average molecular weight is 268 g/mol. The van der Waals surface area contributed by atoms with E-state index in [-0.39, 0.29) is 0 Å². The lowest BCUT2D eigenvalue weighted by Crippen LogP contribution is -2.47. The van der Waals surface area contributed by atoms with Crippen LogP contribution in [0.15, 0.2) is 24.3 Å². The van der Waals surface area contributed by atoms with Crippen LogP contribution in [0.3, 0.4) is 0 Å². The summed E-state index contributed by atoms with van der Waals surface area (Å²) in [5.74, 6) is 0. The van der Waals surface area contributed by atoms with Crippen LogP contribution in [0.1, 0.15) is 13.3 Å². The van der Waals surface area contributed by atoms with Gasteiger partial charge < -0.3 is 10.6 Å². The van der Waals surface area contributed by atoms with Gasteiger partial charge in [0.25, 0.3) is 0 Å². The molecule has 3 nitrogen and oxygen atoms in total. The molecule has 1 atom stereocenters. The largest absolute Gasteiger partial charge is 0.368 e. The van der Waals surface area contributed by atoms with E-state index in [2.05, 4.69) is 22.8 Å². The van der Waals surface area contributed by atoms with Crippen LogP contribution >= 0.6 is 11.6 Å². The SMILES string of the molecule is CC(N)CCN1CCN(c2ccccc2Cl)CC1. The highest BCUT2D eigenvalue weighted by molar-refractivity contribution is 6.33. The van der Waals surface area contributed by atoms with E-state index in [9.17, 15) is 0 Å². The number of rotatable bonds is 4. The van der Waals surface area contributed by atoms with Crippen molar-refractivity contribution in [1.82, 2.24) is 4.90 Å². The Morgan fingerprint density at radius 1 is 1.22 bits per heavy atom. The molecule has 1 aliphatic rings. The molecule has 1 aliphatic heterocycles. The maximum Gasteiger partial charge on any atom is 0.0639 e. The first-order valence-electron chi connectivity index (χ1n) is 6.64. The molecule has 1 unspecified atom stereocenters. The van der Waals surface area contributed by atoms with Gasteiger partial charge in [-0.25, -0.2) is 0 Å². The standard InChI is InChI=1S/C14H22ClN3/c1-12(16)6-7-17-8-10-18(11-9-17)14-5-3-2-4-13(14)15/h2-5,12H,6-11,16H2,1H3. The Hall–Kier alpha value is -0.770. The third-order valence-electron chi connectivity index (χ3n) is 3.47. The molecule has 0 radical (unpaired) electrons. The third kappa shape index (κ3) is 3.61. The fourth-order valence-corrected chi connectivity index (χ4v) is 2.56. The molecule has 2 rings (SSSR count). The van der Waals surface area contributed by atoms with Crippen LogP contribution in [0.25, 0.3) is 0 Å². The number of halogens is 1. The van der Waals surface area contributed by atoms with Crippen LogP contribution in [-0.2, 0) is 0 Å². The molecule has 0 bridgehead atoms. The summed E-state index contributed by atoms with van der Waals surface area (Å²) in [6.07, 6.45) is 1.08. The Kier molecular flexibility index (Phi) is 4.87. The minimum absolute atomic E-state index is 0.298. The predicted molar refractivity (Wildman–Crippen MR) is 78.4 cm³/mol. The van der Waals surface area contributed by atoms with E-state index < -0.39 is 0 Å². The number of para-hydroxylation sites is 1. The second-order valence-corrected chi connectivity index (χ2v) is 5.45. The zero-order chi connectivity index (χ0) is 13.0. The minimum Gasteiger partial charge on any atom is -0.368 e. The van der Waals surface area contributed by atoms with Crippen molar-refractivity contribution in [3.8, 4) is 0 Å². The molecule has 1 saturated heterocycles. The van der Waals surface area contributed by atoms with Crippen molar-refractivity contribution in [3.05, 3.63) is 29.3 Å². The number of benzene rings is 1. The van der Waals surface area contributed by atoms with Crippen LogP contribution in [0.5, 0.6) is 0 Å². The summed E-state index contributed by atoms with van der Waals surface area (Å²) in [6.45, 7) is 7.45. The van der Waals surface area contributed by atoms with Gasteiger partial charge in [0, 0.05) is 32.2 Å². The first kappa shape index (κ1) is 13.7.